The minimum absolute atomic E-state index is 0.244. The Labute approximate surface area is 108 Å². The maximum absolute atomic E-state index is 11.1. The number of hydrogen-bond donors (Lipinski definition) is 1. The first kappa shape index (κ1) is 14.0. The Balaban J connectivity index is 2.52. The normalized spacial score (nSPS) is 12.4. The average molecular weight is 255 g/mol. The van der Waals surface area contributed by atoms with Crippen LogP contribution in [0.3, 0.4) is 0 Å². The molecule has 3 heteroatoms. The van der Waals surface area contributed by atoms with E-state index in [1.54, 1.807) is 0 Å². The summed E-state index contributed by atoms with van der Waals surface area (Å²) < 4.78 is 0. The predicted molar refractivity (Wildman–Crippen MR) is 70.4 cm³/mol. The van der Waals surface area contributed by atoms with E-state index < -0.39 is 5.97 Å². The lowest BCUT2D eigenvalue weighted by molar-refractivity contribution is -0.142. The Hall–Kier alpha value is -1.02. The maximum Gasteiger partial charge on any atom is 0.306 e. The molecule has 1 rings (SSSR count). The standard InChI is InChI=1S/C14H19ClO2/c1-2-3-6-12(14(16)17)10-9-11-7-4-5-8-13(11)15/h4-5,7-8,12H,2-3,6,9-10H2,1H3,(H,16,17)/t12-/m0/s1. The van der Waals surface area contributed by atoms with Crippen LogP contribution in [-0.4, -0.2) is 11.1 Å². The molecule has 0 aliphatic rings. The van der Waals surface area contributed by atoms with Gasteiger partial charge in [-0.1, -0.05) is 49.6 Å². The van der Waals surface area contributed by atoms with Crippen LogP contribution in [0, 0.1) is 5.92 Å². The molecule has 0 saturated carbocycles. The van der Waals surface area contributed by atoms with Crippen molar-refractivity contribution in [2.75, 3.05) is 0 Å². The van der Waals surface area contributed by atoms with Crippen molar-refractivity contribution in [1.29, 1.82) is 0 Å². The zero-order valence-electron chi connectivity index (χ0n) is 10.2. The first-order chi connectivity index (χ1) is 8.15. The second-order valence-electron chi connectivity index (χ2n) is 4.31. The molecule has 2 nitrogen and oxygen atoms in total. The summed E-state index contributed by atoms with van der Waals surface area (Å²) in [7, 11) is 0. The van der Waals surface area contributed by atoms with Crippen LogP contribution in [0.5, 0.6) is 0 Å². The number of carbonyl (C=O) groups is 1. The third-order valence-corrected chi connectivity index (χ3v) is 3.34. The van der Waals surface area contributed by atoms with Crippen molar-refractivity contribution in [2.45, 2.75) is 39.0 Å². The number of benzene rings is 1. The lowest BCUT2D eigenvalue weighted by Gasteiger charge is -2.12. The highest BCUT2D eigenvalue weighted by molar-refractivity contribution is 6.31. The molecule has 0 aliphatic heterocycles. The molecular formula is C14H19ClO2. The van der Waals surface area contributed by atoms with Gasteiger partial charge in [0, 0.05) is 5.02 Å². The minimum atomic E-state index is -0.689. The van der Waals surface area contributed by atoms with Crippen molar-refractivity contribution < 1.29 is 9.90 Å². The van der Waals surface area contributed by atoms with Crippen molar-refractivity contribution in [2.24, 2.45) is 5.92 Å². The van der Waals surface area contributed by atoms with Crippen LogP contribution in [0.15, 0.2) is 24.3 Å². The summed E-state index contributed by atoms with van der Waals surface area (Å²) in [4.78, 5) is 11.1. The maximum atomic E-state index is 11.1. The summed E-state index contributed by atoms with van der Waals surface area (Å²) in [6, 6.07) is 7.63. The second kappa shape index (κ2) is 7.33. The fourth-order valence-electron chi connectivity index (χ4n) is 1.87. The van der Waals surface area contributed by atoms with E-state index >= 15 is 0 Å². The van der Waals surface area contributed by atoms with Crippen LogP contribution in [0.2, 0.25) is 5.02 Å². The number of carboxylic acids is 1. The molecule has 0 amide bonds. The van der Waals surface area contributed by atoms with Crippen molar-refractivity contribution in [3.05, 3.63) is 34.9 Å². The van der Waals surface area contributed by atoms with Crippen LogP contribution < -0.4 is 0 Å². The first-order valence-electron chi connectivity index (χ1n) is 6.11. The van der Waals surface area contributed by atoms with E-state index in [-0.39, 0.29) is 5.92 Å². The van der Waals surface area contributed by atoms with Gasteiger partial charge in [0.15, 0.2) is 0 Å². The third-order valence-electron chi connectivity index (χ3n) is 2.98. The number of aryl methyl sites for hydroxylation is 1. The van der Waals surface area contributed by atoms with Gasteiger partial charge in [-0.25, -0.2) is 0 Å². The molecule has 1 atom stereocenters. The van der Waals surface area contributed by atoms with Crippen molar-refractivity contribution in [3.8, 4) is 0 Å². The smallest absolute Gasteiger partial charge is 0.306 e. The van der Waals surface area contributed by atoms with Crippen molar-refractivity contribution in [3.63, 3.8) is 0 Å². The molecule has 1 aromatic rings. The largest absolute Gasteiger partial charge is 0.481 e. The minimum Gasteiger partial charge on any atom is -0.481 e. The summed E-state index contributed by atoms with van der Waals surface area (Å²) in [5.41, 5.74) is 1.04. The van der Waals surface area contributed by atoms with Gasteiger partial charge >= 0.3 is 5.97 Å². The molecule has 0 aromatic heterocycles. The highest BCUT2D eigenvalue weighted by Crippen LogP contribution is 2.21. The SMILES string of the molecule is CCCC[C@@H](CCc1ccccc1Cl)C(=O)O. The van der Waals surface area contributed by atoms with Gasteiger partial charge < -0.3 is 5.11 Å². The lowest BCUT2D eigenvalue weighted by atomic mass is 9.94. The Kier molecular flexibility index (Phi) is 6.06. The quantitative estimate of drug-likeness (QED) is 0.793. The van der Waals surface area contributed by atoms with E-state index in [0.29, 0.717) is 6.42 Å². The molecule has 17 heavy (non-hydrogen) atoms. The van der Waals surface area contributed by atoms with Gasteiger partial charge in [0.25, 0.3) is 0 Å². The van der Waals surface area contributed by atoms with E-state index in [9.17, 15) is 4.79 Å². The summed E-state index contributed by atoms with van der Waals surface area (Å²) in [6.07, 6.45) is 4.17. The zero-order chi connectivity index (χ0) is 12.7. The fourth-order valence-corrected chi connectivity index (χ4v) is 2.10. The molecule has 1 aromatic carbocycles. The third kappa shape index (κ3) is 4.78. The summed E-state index contributed by atoms with van der Waals surface area (Å²) in [5.74, 6) is -0.934. The van der Waals surface area contributed by atoms with E-state index in [4.69, 9.17) is 16.7 Å². The number of carboxylic acid groups (broad SMARTS) is 1. The van der Waals surface area contributed by atoms with Crippen LogP contribution >= 0.6 is 11.6 Å². The molecule has 0 aliphatic carbocycles. The molecule has 0 spiro atoms. The number of rotatable bonds is 7. The van der Waals surface area contributed by atoms with E-state index in [1.165, 1.54) is 0 Å². The molecule has 0 radical (unpaired) electrons. The lowest BCUT2D eigenvalue weighted by Crippen LogP contribution is -2.14. The molecule has 1 N–H and O–H groups in total. The molecule has 0 saturated heterocycles. The van der Waals surface area contributed by atoms with Gasteiger partial charge in [-0.05, 0) is 30.9 Å². The Bertz CT molecular complexity index is 363. The second-order valence-corrected chi connectivity index (χ2v) is 4.71. The molecule has 0 unspecified atom stereocenters. The molecular weight excluding hydrogens is 236 g/mol. The molecule has 0 bridgehead atoms. The fraction of sp³-hybridized carbons (Fsp3) is 0.500. The Morgan fingerprint density at radius 2 is 2.06 bits per heavy atom. The molecule has 94 valence electrons. The molecule has 0 heterocycles. The van der Waals surface area contributed by atoms with Crippen LogP contribution in [0.4, 0.5) is 0 Å². The first-order valence-corrected chi connectivity index (χ1v) is 6.49. The van der Waals surface area contributed by atoms with Gasteiger partial charge in [0.2, 0.25) is 0 Å². The van der Waals surface area contributed by atoms with Gasteiger partial charge in [-0.3, -0.25) is 4.79 Å². The van der Waals surface area contributed by atoms with E-state index in [1.807, 2.05) is 24.3 Å². The Morgan fingerprint density at radius 1 is 1.35 bits per heavy atom. The van der Waals surface area contributed by atoms with Crippen LogP contribution in [0.25, 0.3) is 0 Å². The van der Waals surface area contributed by atoms with Crippen LogP contribution in [-0.2, 0) is 11.2 Å². The number of hydrogen-bond acceptors (Lipinski definition) is 1. The summed E-state index contributed by atoms with van der Waals surface area (Å²) >= 11 is 6.04. The summed E-state index contributed by atoms with van der Waals surface area (Å²) in [6.45, 7) is 2.08. The topological polar surface area (TPSA) is 37.3 Å². The highest BCUT2D eigenvalue weighted by Gasteiger charge is 2.16. The predicted octanol–water partition coefficient (Wildman–Crippen LogP) is 4.16. The van der Waals surface area contributed by atoms with E-state index in [2.05, 4.69) is 6.92 Å². The highest BCUT2D eigenvalue weighted by atomic mass is 35.5. The number of aliphatic carboxylic acids is 1. The monoisotopic (exact) mass is 254 g/mol. The van der Waals surface area contributed by atoms with Gasteiger partial charge in [-0.2, -0.15) is 0 Å². The van der Waals surface area contributed by atoms with Gasteiger partial charge in [0.1, 0.15) is 0 Å². The van der Waals surface area contributed by atoms with E-state index in [0.717, 1.165) is 36.3 Å². The van der Waals surface area contributed by atoms with Crippen LogP contribution in [0.1, 0.15) is 38.2 Å². The zero-order valence-corrected chi connectivity index (χ0v) is 10.9. The van der Waals surface area contributed by atoms with Crippen molar-refractivity contribution >= 4 is 17.6 Å². The van der Waals surface area contributed by atoms with Gasteiger partial charge in [-0.15, -0.1) is 0 Å². The number of halogens is 1. The van der Waals surface area contributed by atoms with Gasteiger partial charge in [0.05, 0.1) is 5.92 Å². The number of unbranched alkanes of at least 4 members (excludes halogenated alkanes) is 1. The molecule has 0 fully saturated rings. The summed E-state index contributed by atoms with van der Waals surface area (Å²) in [5, 5.41) is 9.84. The Morgan fingerprint density at radius 3 is 2.65 bits per heavy atom. The van der Waals surface area contributed by atoms with Crippen molar-refractivity contribution in [1.82, 2.24) is 0 Å². The average Bonchev–Trinajstić information content (AvgIpc) is 2.31.